The average molecular weight is 308 g/mol. The molecule has 21 heavy (non-hydrogen) atoms. The van der Waals surface area contributed by atoms with Gasteiger partial charge in [0, 0.05) is 6.16 Å². The summed E-state index contributed by atoms with van der Waals surface area (Å²) in [5.74, 6) is 0. The summed E-state index contributed by atoms with van der Waals surface area (Å²) in [6, 6.07) is 30.4. The molecule has 0 saturated carbocycles. The zero-order valence-corrected chi connectivity index (χ0v) is 13.9. The summed E-state index contributed by atoms with van der Waals surface area (Å²) in [5, 5.41) is 4.18. The lowest BCUT2D eigenvalue weighted by Gasteiger charge is -2.19. The van der Waals surface area contributed by atoms with Crippen molar-refractivity contribution in [1.29, 1.82) is 0 Å². The largest absolute Gasteiger partial charge is 0.105 e. The second kappa shape index (κ2) is 6.99. The highest BCUT2D eigenvalue weighted by Crippen LogP contribution is 2.37. The van der Waals surface area contributed by atoms with Gasteiger partial charge in [0.15, 0.2) is 0 Å². The van der Waals surface area contributed by atoms with Gasteiger partial charge in [-0.1, -0.05) is 84.9 Å². The highest BCUT2D eigenvalue weighted by molar-refractivity contribution is 7.72. The number of rotatable bonds is 4. The first kappa shape index (κ1) is 14.5. The fourth-order valence-corrected chi connectivity index (χ4v) is 5.23. The van der Waals surface area contributed by atoms with E-state index in [4.69, 9.17) is 0 Å². The fourth-order valence-electron chi connectivity index (χ4n) is 2.40. The SMILES string of the molecule is Pc1ccccc1CP(c1ccccc1)c1ccccc1. The first-order chi connectivity index (χ1) is 10.3. The smallest absolute Gasteiger partial charge is 0.00136 e. The van der Waals surface area contributed by atoms with Gasteiger partial charge >= 0.3 is 0 Å². The maximum atomic E-state index is 2.86. The predicted molar refractivity (Wildman–Crippen MR) is 98.6 cm³/mol. The molecule has 0 fully saturated rings. The van der Waals surface area contributed by atoms with Crippen LogP contribution in [0.4, 0.5) is 0 Å². The Hall–Kier alpha value is -1.48. The molecule has 3 rings (SSSR count). The third-order valence-electron chi connectivity index (χ3n) is 3.52. The van der Waals surface area contributed by atoms with Crippen LogP contribution in [0.3, 0.4) is 0 Å². The van der Waals surface area contributed by atoms with Gasteiger partial charge < -0.3 is 0 Å². The van der Waals surface area contributed by atoms with Crippen molar-refractivity contribution in [2.45, 2.75) is 6.16 Å². The minimum atomic E-state index is -0.357. The monoisotopic (exact) mass is 308 g/mol. The molecule has 0 aromatic heterocycles. The quantitative estimate of drug-likeness (QED) is 0.643. The summed E-state index contributed by atoms with van der Waals surface area (Å²) >= 11 is 0. The van der Waals surface area contributed by atoms with E-state index in [1.807, 2.05) is 0 Å². The van der Waals surface area contributed by atoms with Crippen LogP contribution in [0.2, 0.25) is 0 Å². The molecule has 104 valence electrons. The van der Waals surface area contributed by atoms with Gasteiger partial charge in [-0.05, 0) is 29.4 Å². The molecule has 1 unspecified atom stereocenters. The second-order valence-electron chi connectivity index (χ2n) is 4.96. The molecular formula is C19H18P2. The molecule has 1 atom stereocenters. The molecule has 0 aliphatic carbocycles. The number of hydrogen-bond donors (Lipinski definition) is 0. The summed E-state index contributed by atoms with van der Waals surface area (Å²) in [6.07, 6.45) is 1.09. The van der Waals surface area contributed by atoms with Gasteiger partial charge in [-0.3, -0.25) is 0 Å². The molecule has 0 spiro atoms. The first-order valence-electron chi connectivity index (χ1n) is 7.05. The number of benzene rings is 3. The standard InChI is InChI=1S/C19H18P2/c20-19-14-8-7-9-16(19)15-21(17-10-3-1-4-11-17)18-12-5-2-6-13-18/h1-14H,15,20H2. The lowest BCUT2D eigenvalue weighted by Crippen LogP contribution is -2.14. The minimum absolute atomic E-state index is 0.357. The van der Waals surface area contributed by atoms with Crippen LogP contribution >= 0.6 is 17.2 Å². The van der Waals surface area contributed by atoms with Crippen LogP contribution in [-0.2, 0) is 6.16 Å². The minimum Gasteiger partial charge on any atom is -0.105 e. The highest BCUT2D eigenvalue weighted by Gasteiger charge is 2.14. The van der Waals surface area contributed by atoms with Crippen molar-refractivity contribution >= 4 is 33.1 Å². The van der Waals surface area contributed by atoms with E-state index in [-0.39, 0.29) is 7.92 Å². The molecule has 3 aromatic rings. The van der Waals surface area contributed by atoms with Crippen LogP contribution in [0.1, 0.15) is 5.56 Å². The Morgan fingerprint density at radius 2 is 1.10 bits per heavy atom. The maximum absolute atomic E-state index is 2.86. The van der Waals surface area contributed by atoms with E-state index in [0.717, 1.165) is 6.16 Å². The van der Waals surface area contributed by atoms with Crippen molar-refractivity contribution < 1.29 is 0 Å². The van der Waals surface area contributed by atoms with Crippen LogP contribution < -0.4 is 15.9 Å². The Balaban J connectivity index is 1.99. The first-order valence-corrected chi connectivity index (χ1v) is 9.16. The van der Waals surface area contributed by atoms with Crippen LogP contribution in [0.25, 0.3) is 0 Å². The van der Waals surface area contributed by atoms with Gasteiger partial charge in [0.1, 0.15) is 0 Å². The third-order valence-corrected chi connectivity index (χ3v) is 6.58. The summed E-state index contributed by atoms with van der Waals surface area (Å²) in [4.78, 5) is 0. The van der Waals surface area contributed by atoms with Crippen LogP contribution in [0, 0.1) is 0 Å². The molecule has 0 aliphatic heterocycles. The van der Waals surface area contributed by atoms with Gasteiger partial charge in [-0.2, -0.15) is 0 Å². The van der Waals surface area contributed by atoms with Crippen LogP contribution in [0.15, 0.2) is 84.9 Å². The molecule has 3 aromatic carbocycles. The van der Waals surface area contributed by atoms with Crippen LogP contribution in [0.5, 0.6) is 0 Å². The molecule has 0 heterocycles. The molecule has 0 nitrogen and oxygen atoms in total. The average Bonchev–Trinajstić information content (AvgIpc) is 2.56. The van der Waals surface area contributed by atoms with Crippen molar-refractivity contribution in [3.63, 3.8) is 0 Å². The van der Waals surface area contributed by atoms with E-state index < -0.39 is 0 Å². The Bertz CT molecular complexity index is 654. The van der Waals surface area contributed by atoms with Gasteiger partial charge in [-0.25, -0.2) is 0 Å². The fraction of sp³-hybridized carbons (Fsp3) is 0.0526. The van der Waals surface area contributed by atoms with Crippen molar-refractivity contribution in [1.82, 2.24) is 0 Å². The third kappa shape index (κ3) is 3.59. The zero-order chi connectivity index (χ0) is 14.5. The molecule has 0 bridgehead atoms. The molecule has 0 amide bonds. The lowest BCUT2D eigenvalue weighted by molar-refractivity contribution is 1.44. The normalized spacial score (nSPS) is 10.8. The van der Waals surface area contributed by atoms with E-state index in [0.29, 0.717) is 0 Å². The maximum Gasteiger partial charge on any atom is 0.00136 e. The number of hydrogen-bond acceptors (Lipinski definition) is 0. The second-order valence-corrected chi connectivity index (χ2v) is 7.78. The predicted octanol–water partition coefficient (Wildman–Crippen LogP) is 3.82. The van der Waals surface area contributed by atoms with E-state index in [1.165, 1.54) is 21.5 Å². The van der Waals surface area contributed by atoms with Gasteiger partial charge in [0.05, 0.1) is 0 Å². The molecular weight excluding hydrogens is 290 g/mol. The van der Waals surface area contributed by atoms with Crippen LogP contribution in [-0.4, -0.2) is 0 Å². The zero-order valence-electron chi connectivity index (χ0n) is 11.8. The van der Waals surface area contributed by atoms with Crippen molar-refractivity contribution in [3.8, 4) is 0 Å². The molecule has 0 saturated heterocycles. The highest BCUT2D eigenvalue weighted by atomic mass is 31.1. The molecule has 0 aliphatic rings. The summed E-state index contributed by atoms with van der Waals surface area (Å²) in [6.45, 7) is 0. The van der Waals surface area contributed by atoms with Crippen molar-refractivity contribution in [3.05, 3.63) is 90.5 Å². The van der Waals surface area contributed by atoms with E-state index in [9.17, 15) is 0 Å². The van der Waals surface area contributed by atoms with E-state index in [2.05, 4.69) is 94.2 Å². The summed E-state index contributed by atoms with van der Waals surface area (Å²) < 4.78 is 0. The van der Waals surface area contributed by atoms with E-state index >= 15 is 0 Å². The molecule has 2 heteroatoms. The van der Waals surface area contributed by atoms with Gasteiger partial charge in [-0.15, -0.1) is 9.24 Å². The lowest BCUT2D eigenvalue weighted by atomic mass is 10.2. The Morgan fingerprint density at radius 3 is 1.62 bits per heavy atom. The van der Waals surface area contributed by atoms with Gasteiger partial charge in [0.25, 0.3) is 0 Å². The Morgan fingerprint density at radius 1 is 0.619 bits per heavy atom. The molecule has 0 N–H and O–H groups in total. The molecule has 0 radical (unpaired) electrons. The Kier molecular flexibility index (Phi) is 4.81. The van der Waals surface area contributed by atoms with E-state index in [1.54, 1.807) is 0 Å². The van der Waals surface area contributed by atoms with Crippen molar-refractivity contribution in [2.24, 2.45) is 0 Å². The van der Waals surface area contributed by atoms with Crippen molar-refractivity contribution in [2.75, 3.05) is 0 Å². The Labute approximate surface area is 130 Å². The van der Waals surface area contributed by atoms with Gasteiger partial charge in [0.2, 0.25) is 0 Å². The topological polar surface area (TPSA) is 0 Å². The summed E-state index contributed by atoms with van der Waals surface area (Å²) in [5.41, 5.74) is 1.42. The summed E-state index contributed by atoms with van der Waals surface area (Å²) in [7, 11) is 2.51.